The van der Waals surface area contributed by atoms with Crippen LogP contribution in [0.2, 0.25) is 0 Å². The third-order valence-corrected chi connectivity index (χ3v) is 4.30. The Morgan fingerprint density at radius 1 is 1.18 bits per heavy atom. The Morgan fingerprint density at radius 2 is 1.95 bits per heavy atom. The molecule has 5 nitrogen and oxygen atoms in total. The molecule has 22 heavy (non-hydrogen) atoms. The molecule has 2 heterocycles. The number of amides is 1. The predicted octanol–water partition coefficient (Wildman–Crippen LogP) is 3.43. The van der Waals surface area contributed by atoms with Crippen molar-refractivity contribution in [1.82, 2.24) is 14.8 Å². The Morgan fingerprint density at radius 3 is 2.59 bits per heavy atom. The van der Waals surface area contributed by atoms with E-state index in [0.29, 0.717) is 11.4 Å². The molecule has 2 aromatic heterocycles. The van der Waals surface area contributed by atoms with Crippen LogP contribution in [0.3, 0.4) is 0 Å². The summed E-state index contributed by atoms with van der Waals surface area (Å²) in [5.41, 5.74) is 2.38. The molecule has 0 saturated heterocycles. The van der Waals surface area contributed by atoms with Crippen molar-refractivity contribution in [2.75, 3.05) is 5.32 Å². The molecule has 0 fully saturated rings. The fourth-order valence-corrected chi connectivity index (χ4v) is 2.29. The molecule has 110 valence electrons. The van der Waals surface area contributed by atoms with Gasteiger partial charge in [0.2, 0.25) is 0 Å². The Balaban J connectivity index is 1.76. The van der Waals surface area contributed by atoms with E-state index < -0.39 is 0 Å². The molecule has 3 aromatic rings. The Hall–Kier alpha value is -2.22. The molecule has 0 bridgehead atoms. The molecular formula is C16H13IN4O. The van der Waals surface area contributed by atoms with Crippen LogP contribution in [0, 0.1) is 10.5 Å². The Bertz CT molecular complexity index is 798. The lowest BCUT2D eigenvalue weighted by Crippen LogP contribution is -2.13. The number of pyridine rings is 1. The summed E-state index contributed by atoms with van der Waals surface area (Å²) in [5.74, 6) is 0.374. The number of anilines is 1. The van der Waals surface area contributed by atoms with Crippen molar-refractivity contribution in [2.24, 2.45) is 0 Å². The minimum Gasteiger partial charge on any atom is -0.307 e. The van der Waals surface area contributed by atoms with Crippen molar-refractivity contribution >= 4 is 34.3 Å². The number of aryl methyl sites for hydroxylation is 1. The molecule has 0 radical (unpaired) electrons. The number of aromatic nitrogens is 3. The molecule has 0 unspecified atom stereocenters. The van der Waals surface area contributed by atoms with Crippen molar-refractivity contribution in [1.29, 1.82) is 0 Å². The summed E-state index contributed by atoms with van der Waals surface area (Å²) in [6.45, 7) is 1.91. The third-order valence-electron chi connectivity index (χ3n) is 3.16. The van der Waals surface area contributed by atoms with Gasteiger partial charge in [-0.15, -0.1) is 0 Å². The van der Waals surface area contributed by atoms with Crippen LogP contribution in [0.1, 0.15) is 16.1 Å². The zero-order chi connectivity index (χ0) is 15.5. The van der Waals surface area contributed by atoms with Crippen LogP contribution >= 0.6 is 22.6 Å². The maximum atomic E-state index is 12.2. The van der Waals surface area contributed by atoms with E-state index >= 15 is 0 Å². The molecular weight excluding hydrogens is 391 g/mol. The summed E-state index contributed by atoms with van der Waals surface area (Å²) in [6, 6.07) is 12.8. The van der Waals surface area contributed by atoms with E-state index in [9.17, 15) is 4.79 Å². The van der Waals surface area contributed by atoms with Gasteiger partial charge < -0.3 is 5.32 Å². The van der Waals surface area contributed by atoms with Gasteiger partial charge in [0.25, 0.3) is 5.91 Å². The van der Waals surface area contributed by atoms with Gasteiger partial charge in [0.05, 0.1) is 11.4 Å². The first-order valence-corrected chi connectivity index (χ1v) is 7.76. The average Bonchev–Trinajstić information content (AvgIpc) is 3.05. The number of hydrogen-bond acceptors (Lipinski definition) is 3. The van der Waals surface area contributed by atoms with E-state index in [1.54, 1.807) is 29.1 Å². The van der Waals surface area contributed by atoms with Gasteiger partial charge in [-0.25, -0.2) is 9.67 Å². The Kier molecular flexibility index (Phi) is 4.19. The van der Waals surface area contributed by atoms with E-state index in [-0.39, 0.29) is 5.91 Å². The molecule has 1 aromatic carbocycles. The van der Waals surface area contributed by atoms with Crippen LogP contribution in [0.4, 0.5) is 5.82 Å². The number of nitrogens with one attached hydrogen (secondary N) is 1. The fraction of sp³-hybridized carbons (Fsp3) is 0.0625. The normalized spacial score (nSPS) is 10.5. The predicted molar refractivity (Wildman–Crippen MR) is 93.2 cm³/mol. The topological polar surface area (TPSA) is 59.8 Å². The monoisotopic (exact) mass is 404 g/mol. The smallest absolute Gasteiger partial charge is 0.256 e. The number of carbonyl (C=O) groups excluding carboxylic acids is 1. The highest BCUT2D eigenvalue weighted by Gasteiger charge is 2.08. The van der Waals surface area contributed by atoms with Crippen LogP contribution in [0.25, 0.3) is 5.69 Å². The number of benzene rings is 1. The lowest BCUT2D eigenvalue weighted by molar-refractivity contribution is 0.102. The van der Waals surface area contributed by atoms with Crippen LogP contribution in [0.5, 0.6) is 0 Å². The van der Waals surface area contributed by atoms with Gasteiger partial charge in [-0.05, 0) is 72.0 Å². The zero-order valence-corrected chi connectivity index (χ0v) is 14.0. The maximum Gasteiger partial charge on any atom is 0.256 e. The molecule has 0 aliphatic heterocycles. The molecule has 3 rings (SSSR count). The molecule has 0 atom stereocenters. The minimum absolute atomic E-state index is 0.180. The SMILES string of the molecule is Cc1nc(NC(=O)c2ccc(-n3cccn3)cc2)ccc1I. The van der Waals surface area contributed by atoms with Gasteiger partial charge in [-0.3, -0.25) is 4.79 Å². The van der Waals surface area contributed by atoms with Gasteiger partial charge in [0, 0.05) is 21.5 Å². The van der Waals surface area contributed by atoms with E-state index in [1.165, 1.54) is 0 Å². The first kappa shape index (κ1) is 14.7. The second-order valence-corrected chi connectivity index (χ2v) is 5.88. The van der Waals surface area contributed by atoms with Crippen molar-refractivity contribution in [3.05, 3.63) is 69.7 Å². The number of rotatable bonds is 3. The zero-order valence-electron chi connectivity index (χ0n) is 11.8. The van der Waals surface area contributed by atoms with Crippen LogP contribution in [-0.4, -0.2) is 20.7 Å². The number of halogens is 1. The summed E-state index contributed by atoms with van der Waals surface area (Å²) in [7, 11) is 0. The lowest BCUT2D eigenvalue weighted by Gasteiger charge is -2.07. The highest BCUT2D eigenvalue weighted by Crippen LogP contribution is 2.14. The van der Waals surface area contributed by atoms with E-state index in [2.05, 4.69) is 38.0 Å². The third kappa shape index (κ3) is 3.16. The highest BCUT2D eigenvalue weighted by molar-refractivity contribution is 14.1. The molecule has 0 spiro atoms. The Labute approximate surface area is 141 Å². The quantitative estimate of drug-likeness (QED) is 0.681. The molecule has 6 heteroatoms. The second kappa shape index (κ2) is 6.27. The number of carbonyl (C=O) groups is 1. The number of nitrogens with zero attached hydrogens (tertiary/aromatic N) is 3. The molecule has 1 N–H and O–H groups in total. The summed E-state index contributed by atoms with van der Waals surface area (Å²) < 4.78 is 2.81. The van der Waals surface area contributed by atoms with Gasteiger partial charge in [-0.1, -0.05) is 0 Å². The van der Waals surface area contributed by atoms with E-state index in [1.807, 2.05) is 37.4 Å². The fourth-order valence-electron chi connectivity index (χ4n) is 1.99. The minimum atomic E-state index is -0.180. The van der Waals surface area contributed by atoms with Crippen LogP contribution in [-0.2, 0) is 0 Å². The summed E-state index contributed by atoms with van der Waals surface area (Å²) in [5, 5.41) is 6.96. The van der Waals surface area contributed by atoms with Crippen molar-refractivity contribution < 1.29 is 4.79 Å². The van der Waals surface area contributed by atoms with Gasteiger partial charge in [-0.2, -0.15) is 5.10 Å². The standard InChI is InChI=1S/C16H13IN4O/c1-11-14(17)7-8-15(19-11)20-16(22)12-3-5-13(6-4-12)21-10-2-9-18-21/h2-10H,1H3,(H,19,20,22). The highest BCUT2D eigenvalue weighted by atomic mass is 127. The van der Waals surface area contributed by atoms with Crippen molar-refractivity contribution in [3.8, 4) is 5.69 Å². The van der Waals surface area contributed by atoms with Crippen molar-refractivity contribution in [3.63, 3.8) is 0 Å². The van der Waals surface area contributed by atoms with Gasteiger partial charge in [0.1, 0.15) is 5.82 Å². The number of hydrogen-bond donors (Lipinski definition) is 1. The summed E-state index contributed by atoms with van der Waals surface area (Å²) in [4.78, 5) is 16.6. The summed E-state index contributed by atoms with van der Waals surface area (Å²) in [6.07, 6.45) is 3.57. The molecule has 1 amide bonds. The first-order valence-electron chi connectivity index (χ1n) is 6.68. The maximum absolute atomic E-state index is 12.2. The van der Waals surface area contributed by atoms with E-state index in [0.717, 1.165) is 15.0 Å². The van der Waals surface area contributed by atoms with Crippen molar-refractivity contribution in [2.45, 2.75) is 6.92 Å². The lowest BCUT2D eigenvalue weighted by atomic mass is 10.2. The van der Waals surface area contributed by atoms with Gasteiger partial charge >= 0.3 is 0 Å². The first-order chi connectivity index (χ1) is 10.6. The van der Waals surface area contributed by atoms with E-state index in [4.69, 9.17) is 0 Å². The molecule has 0 saturated carbocycles. The molecule has 0 aliphatic carbocycles. The summed E-state index contributed by atoms with van der Waals surface area (Å²) >= 11 is 2.21. The van der Waals surface area contributed by atoms with Gasteiger partial charge in [0.15, 0.2) is 0 Å². The van der Waals surface area contributed by atoms with Crippen LogP contribution < -0.4 is 5.32 Å². The van der Waals surface area contributed by atoms with Crippen LogP contribution in [0.15, 0.2) is 54.9 Å². The largest absolute Gasteiger partial charge is 0.307 e. The molecule has 0 aliphatic rings. The second-order valence-electron chi connectivity index (χ2n) is 4.72. The average molecular weight is 404 g/mol.